The molecular formula is C49H96NO8P. The molecule has 0 spiro atoms. The summed E-state index contributed by atoms with van der Waals surface area (Å²) in [5, 5.41) is 0. The standard InChI is InChI=1S/C49H96NO8P/c1-3-5-7-9-11-13-15-17-19-21-23-25-27-29-31-33-35-37-39-41-48(51)55-45-47(46-57-59(53,54)56-44-43-50)58-49(52)42-40-38-36-34-32-30-28-26-24-22-20-18-16-14-12-10-8-6-4-2/h18,20,47H,3-17,19,21-46,50H2,1-2H3,(H,53,54). The Morgan fingerprint density at radius 2 is 0.831 bits per heavy atom. The van der Waals surface area contributed by atoms with Gasteiger partial charge in [0.15, 0.2) is 6.10 Å². The van der Waals surface area contributed by atoms with Gasteiger partial charge in [-0.15, -0.1) is 0 Å². The first-order valence-corrected chi connectivity index (χ1v) is 26.7. The van der Waals surface area contributed by atoms with E-state index < -0.39 is 26.5 Å². The SMILES string of the molecule is CCCCCCCCC=CCCCCCCCCCCCC(=O)OC(COC(=O)CCCCCCCCCCCCCCCCCCCCC)COP(=O)(O)OCCN. The van der Waals surface area contributed by atoms with E-state index in [1.807, 2.05) is 0 Å². The largest absolute Gasteiger partial charge is 0.472 e. The highest BCUT2D eigenvalue weighted by atomic mass is 31.2. The fourth-order valence-corrected chi connectivity index (χ4v) is 8.16. The maximum absolute atomic E-state index is 12.6. The lowest BCUT2D eigenvalue weighted by Gasteiger charge is -2.19. The Morgan fingerprint density at radius 3 is 1.20 bits per heavy atom. The Kier molecular flexibility index (Phi) is 45.3. The normalized spacial score (nSPS) is 13.2. The second kappa shape index (κ2) is 46.3. The molecule has 0 fully saturated rings. The lowest BCUT2D eigenvalue weighted by atomic mass is 10.0. The van der Waals surface area contributed by atoms with Gasteiger partial charge in [-0.1, -0.05) is 219 Å². The van der Waals surface area contributed by atoms with Gasteiger partial charge in [0.2, 0.25) is 0 Å². The van der Waals surface area contributed by atoms with Gasteiger partial charge in [0.25, 0.3) is 0 Å². The van der Waals surface area contributed by atoms with Crippen molar-refractivity contribution in [2.45, 2.75) is 264 Å². The lowest BCUT2D eigenvalue weighted by Crippen LogP contribution is -2.29. The molecule has 0 aromatic carbocycles. The first-order valence-electron chi connectivity index (χ1n) is 25.2. The number of ether oxygens (including phenoxy) is 2. The van der Waals surface area contributed by atoms with Crippen LogP contribution in [0.15, 0.2) is 12.2 Å². The maximum atomic E-state index is 12.6. The maximum Gasteiger partial charge on any atom is 0.472 e. The highest BCUT2D eigenvalue weighted by molar-refractivity contribution is 7.47. The summed E-state index contributed by atoms with van der Waals surface area (Å²) in [5.41, 5.74) is 5.36. The monoisotopic (exact) mass is 858 g/mol. The highest BCUT2D eigenvalue weighted by Gasteiger charge is 2.26. The molecule has 0 bridgehead atoms. The van der Waals surface area contributed by atoms with Gasteiger partial charge >= 0.3 is 19.8 Å². The van der Waals surface area contributed by atoms with Crippen molar-refractivity contribution in [2.75, 3.05) is 26.4 Å². The van der Waals surface area contributed by atoms with Gasteiger partial charge in [0, 0.05) is 19.4 Å². The average Bonchev–Trinajstić information content (AvgIpc) is 3.22. The molecule has 0 radical (unpaired) electrons. The molecule has 59 heavy (non-hydrogen) atoms. The van der Waals surface area contributed by atoms with E-state index in [0.717, 1.165) is 38.5 Å². The van der Waals surface area contributed by atoms with Crippen LogP contribution in [-0.2, 0) is 32.7 Å². The Morgan fingerprint density at radius 1 is 0.492 bits per heavy atom. The number of nitrogens with two attached hydrogens (primary N) is 1. The number of carbonyl (C=O) groups excluding carboxylic acids is 2. The average molecular weight is 858 g/mol. The number of rotatable bonds is 48. The summed E-state index contributed by atoms with van der Waals surface area (Å²) < 4.78 is 32.9. The van der Waals surface area contributed by atoms with E-state index in [2.05, 4.69) is 26.0 Å². The molecule has 9 nitrogen and oxygen atoms in total. The molecule has 0 aromatic rings. The van der Waals surface area contributed by atoms with E-state index in [1.165, 1.54) is 186 Å². The number of hydrogen-bond donors (Lipinski definition) is 2. The van der Waals surface area contributed by atoms with Crippen molar-refractivity contribution >= 4 is 19.8 Å². The van der Waals surface area contributed by atoms with E-state index in [9.17, 15) is 19.0 Å². The molecular weight excluding hydrogens is 762 g/mol. The Hall–Kier alpha value is -1.25. The highest BCUT2D eigenvalue weighted by Crippen LogP contribution is 2.43. The van der Waals surface area contributed by atoms with Crippen molar-refractivity contribution in [3.63, 3.8) is 0 Å². The topological polar surface area (TPSA) is 134 Å². The molecule has 0 aliphatic heterocycles. The van der Waals surface area contributed by atoms with E-state index in [4.69, 9.17) is 24.3 Å². The predicted octanol–water partition coefficient (Wildman–Crippen LogP) is 15.0. The number of allylic oxidation sites excluding steroid dienone is 2. The second-order valence-electron chi connectivity index (χ2n) is 17.0. The van der Waals surface area contributed by atoms with Crippen LogP contribution < -0.4 is 5.73 Å². The fraction of sp³-hybridized carbons (Fsp3) is 0.918. The van der Waals surface area contributed by atoms with Gasteiger partial charge in [-0.2, -0.15) is 0 Å². The molecule has 3 N–H and O–H groups in total. The molecule has 2 atom stereocenters. The summed E-state index contributed by atoms with van der Waals surface area (Å²) in [6.07, 6.45) is 49.6. The quantitative estimate of drug-likeness (QED) is 0.0265. The number of phosphoric acid groups is 1. The molecule has 0 saturated carbocycles. The van der Waals surface area contributed by atoms with Crippen LogP contribution in [0.5, 0.6) is 0 Å². The van der Waals surface area contributed by atoms with Crippen molar-refractivity contribution in [1.29, 1.82) is 0 Å². The zero-order valence-corrected chi connectivity index (χ0v) is 39.7. The van der Waals surface area contributed by atoms with E-state index >= 15 is 0 Å². The minimum Gasteiger partial charge on any atom is -0.462 e. The van der Waals surface area contributed by atoms with Crippen LogP contribution in [0.1, 0.15) is 258 Å². The third kappa shape index (κ3) is 46.1. The summed E-state index contributed by atoms with van der Waals surface area (Å²) in [6, 6.07) is 0. The van der Waals surface area contributed by atoms with Crippen LogP contribution in [-0.4, -0.2) is 49.3 Å². The van der Waals surface area contributed by atoms with Crippen molar-refractivity contribution < 1.29 is 37.6 Å². The predicted molar refractivity (Wildman–Crippen MR) is 248 cm³/mol. The molecule has 0 heterocycles. The van der Waals surface area contributed by atoms with Crippen LogP contribution in [0.25, 0.3) is 0 Å². The van der Waals surface area contributed by atoms with Gasteiger partial charge < -0.3 is 20.1 Å². The molecule has 0 amide bonds. The smallest absolute Gasteiger partial charge is 0.462 e. The first-order chi connectivity index (χ1) is 28.8. The minimum atomic E-state index is -4.38. The molecule has 0 saturated heterocycles. The molecule has 10 heteroatoms. The zero-order valence-electron chi connectivity index (χ0n) is 38.8. The van der Waals surface area contributed by atoms with Crippen LogP contribution in [0.4, 0.5) is 0 Å². The Balaban J connectivity index is 4.02. The van der Waals surface area contributed by atoms with Gasteiger partial charge in [-0.25, -0.2) is 4.57 Å². The molecule has 0 aromatic heterocycles. The van der Waals surface area contributed by atoms with Crippen LogP contribution in [0.3, 0.4) is 0 Å². The first kappa shape index (κ1) is 57.8. The van der Waals surface area contributed by atoms with E-state index in [1.54, 1.807) is 0 Å². The zero-order chi connectivity index (χ0) is 43.2. The number of unbranched alkanes of at least 4 members (excludes halogenated alkanes) is 33. The molecule has 0 aliphatic rings. The lowest BCUT2D eigenvalue weighted by molar-refractivity contribution is -0.161. The minimum absolute atomic E-state index is 0.0562. The van der Waals surface area contributed by atoms with E-state index in [0.29, 0.717) is 6.42 Å². The van der Waals surface area contributed by atoms with Crippen LogP contribution in [0, 0.1) is 0 Å². The summed E-state index contributed by atoms with van der Waals surface area (Å²) >= 11 is 0. The number of carbonyl (C=O) groups is 2. The number of phosphoric ester groups is 1. The molecule has 0 rings (SSSR count). The second-order valence-corrected chi connectivity index (χ2v) is 18.5. The van der Waals surface area contributed by atoms with Crippen LogP contribution in [0.2, 0.25) is 0 Å². The third-order valence-electron chi connectivity index (χ3n) is 11.2. The van der Waals surface area contributed by atoms with Gasteiger partial charge in [0.05, 0.1) is 13.2 Å². The van der Waals surface area contributed by atoms with Crippen molar-refractivity contribution in [2.24, 2.45) is 5.73 Å². The number of hydrogen-bond acceptors (Lipinski definition) is 8. The Bertz CT molecular complexity index is 980. The van der Waals surface area contributed by atoms with Crippen molar-refractivity contribution in [3.8, 4) is 0 Å². The van der Waals surface area contributed by atoms with E-state index in [-0.39, 0.29) is 38.6 Å². The molecule has 2 unspecified atom stereocenters. The van der Waals surface area contributed by atoms with Gasteiger partial charge in [-0.3, -0.25) is 18.6 Å². The van der Waals surface area contributed by atoms with Crippen LogP contribution >= 0.6 is 7.82 Å². The summed E-state index contributed by atoms with van der Waals surface area (Å²) in [6.45, 7) is 3.78. The van der Waals surface area contributed by atoms with Crippen molar-refractivity contribution in [1.82, 2.24) is 0 Å². The summed E-state index contributed by atoms with van der Waals surface area (Å²) in [4.78, 5) is 35.0. The van der Waals surface area contributed by atoms with Crippen molar-refractivity contribution in [3.05, 3.63) is 12.2 Å². The third-order valence-corrected chi connectivity index (χ3v) is 12.1. The summed E-state index contributed by atoms with van der Waals surface area (Å²) in [5.74, 6) is -0.814. The fourth-order valence-electron chi connectivity index (χ4n) is 7.40. The van der Waals surface area contributed by atoms with Gasteiger partial charge in [-0.05, 0) is 38.5 Å². The Labute approximate surface area is 364 Å². The number of esters is 2. The summed E-state index contributed by atoms with van der Waals surface area (Å²) in [7, 11) is -4.38. The molecule has 350 valence electrons. The van der Waals surface area contributed by atoms with Gasteiger partial charge in [0.1, 0.15) is 6.61 Å². The molecule has 0 aliphatic carbocycles.